The number of methoxy groups -OCH3 is 1. The molecule has 412 valence electrons. The summed E-state index contributed by atoms with van der Waals surface area (Å²) in [6, 6.07) is 0. The monoisotopic (exact) mass is 1150 g/mol. The molecule has 2 fully saturated rings. The second-order valence-corrected chi connectivity index (χ2v) is 22.0. The van der Waals surface area contributed by atoms with Gasteiger partial charge in [-0.1, -0.05) is 4.98 Å². The molecule has 14 atom stereocenters. The van der Waals surface area contributed by atoms with Crippen LogP contribution in [0.25, 0.3) is 33.5 Å². The van der Waals surface area contributed by atoms with E-state index in [0.717, 1.165) is 35.2 Å². The van der Waals surface area contributed by atoms with E-state index in [0.29, 0.717) is 0 Å². The van der Waals surface area contributed by atoms with Gasteiger partial charge in [-0.2, -0.15) is 13.6 Å². The number of nitrogen functional groups attached to an aromatic ring is 3. The number of fused-ring (bicyclic) bond motifs is 3. The molecule has 0 radical (unpaired) electrons. The highest BCUT2D eigenvalue weighted by atomic mass is 31.3. The lowest BCUT2D eigenvalue weighted by Crippen LogP contribution is -2.46. The molecule has 0 amide bonds. The summed E-state index contributed by atoms with van der Waals surface area (Å²) >= 11 is 0. The third-order valence-corrected chi connectivity index (χ3v) is 16.2. The van der Waals surface area contributed by atoms with E-state index < -0.39 is 137 Å². The molecule has 6 aromatic heterocycles. The molecular weight excluding hydrogens is 1100 g/mol. The average molecular weight is 1150 g/mol. The number of aromatic amines is 2. The number of nitrogens with two attached hydrogens (primary N) is 3. The number of ether oxygens (including phenoxy) is 4. The van der Waals surface area contributed by atoms with Gasteiger partial charge in [-0.3, -0.25) is 51.4 Å². The quantitative estimate of drug-likeness (QED) is 0.0213. The van der Waals surface area contributed by atoms with Gasteiger partial charge >= 0.3 is 36.9 Å². The van der Waals surface area contributed by atoms with Crippen LogP contribution >= 0.6 is 31.3 Å². The summed E-state index contributed by atoms with van der Waals surface area (Å²) in [4.78, 5) is 95.5. The number of phosphoric acid groups is 4. The first kappa shape index (κ1) is 56.1. The molecule has 8 heterocycles. The van der Waals surface area contributed by atoms with Crippen LogP contribution < -0.4 is 32.9 Å². The number of nitrogens with one attached hydrogen (secondary N) is 2. The van der Waals surface area contributed by atoms with Crippen molar-refractivity contribution in [3.8, 4) is 0 Å². The van der Waals surface area contributed by atoms with Crippen LogP contribution in [0.4, 0.5) is 17.7 Å². The number of aryl methyl sites for hydroxylation is 1. The van der Waals surface area contributed by atoms with Crippen LogP contribution in [0.2, 0.25) is 0 Å². The van der Waals surface area contributed by atoms with Crippen LogP contribution in [0.5, 0.6) is 0 Å². The lowest BCUT2D eigenvalue weighted by molar-refractivity contribution is -0.745. The van der Waals surface area contributed by atoms with Gasteiger partial charge in [0.1, 0.15) is 54.6 Å². The normalized spacial score (nSPS) is 26.3. The smallest absolute Gasteiger partial charge is 0.394 e. The summed E-state index contributed by atoms with van der Waals surface area (Å²) in [6.45, 7) is -5.12. The van der Waals surface area contributed by atoms with Crippen molar-refractivity contribution in [2.45, 2.75) is 61.4 Å². The Kier molecular flexibility index (Phi) is 16.2. The predicted molar refractivity (Wildman–Crippen MR) is 241 cm³/mol. The van der Waals surface area contributed by atoms with E-state index in [9.17, 15) is 67.8 Å². The fraction of sp³-hybridized carbons (Fsp3) is 0.531. The van der Waals surface area contributed by atoms with Gasteiger partial charge in [0, 0.05) is 7.11 Å². The molecule has 2 aliphatic heterocycles. The molecule has 0 saturated carbocycles. The maximum atomic E-state index is 13.6. The van der Waals surface area contributed by atoms with Gasteiger partial charge < -0.3 is 76.1 Å². The van der Waals surface area contributed by atoms with E-state index in [4.69, 9.17) is 49.7 Å². The zero-order valence-corrected chi connectivity index (χ0v) is 41.8. The maximum Gasteiger partial charge on any atom is 0.490 e. The summed E-state index contributed by atoms with van der Waals surface area (Å²) in [5, 5.41) is 41.7. The molecule has 0 spiro atoms. The van der Waals surface area contributed by atoms with Crippen molar-refractivity contribution in [3.05, 3.63) is 46.0 Å². The van der Waals surface area contributed by atoms with Gasteiger partial charge in [-0.15, -0.1) is 0 Å². The van der Waals surface area contributed by atoms with Crippen LogP contribution in [0.3, 0.4) is 0 Å². The number of aliphatic hydroxyl groups is 4. The van der Waals surface area contributed by atoms with Crippen molar-refractivity contribution in [1.82, 2.24) is 53.6 Å². The van der Waals surface area contributed by atoms with E-state index in [2.05, 4.69) is 53.0 Å². The average Bonchev–Trinajstić information content (AvgIpc) is 4.14. The Morgan fingerprint density at radius 1 is 0.773 bits per heavy atom. The van der Waals surface area contributed by atoms with Gasteiger partial charge in [0.15, 0.2) is 41.4 Å². The van der Waals surface area contributed by atoms with Crippen LogP contribution in [-0.2, 0) is 71.0 Å². The largest absolute Gasteiger partial charge is 0.490 e. The fourth-order valence-corrected chi connectivity index (χ4v) is 12.3. The zero-order chi connectivity index (χ0) is 54.5. The highest BCUT2D eigenvalue weighted by molar-refractivity contribution is 7.66. The van der Waals surface area contributed by atoms with Crippen molar-refractivity contribution in [3.63, 3.8) is 0 Å². The highest BCUT2D eigenvalue weighted by Crippen LogP contribution is 2.68. The molecule has 6 unspecified atom stereocenters. The Hall–Kier alpha value is -5.15. The summed E-state index contributed by atoms with van der Waals surface area (Å²) < 4.78 is 109. The summed E-state index contributed by atoms with van der Waals surface area (Å²) in [7, 11) is -20.9. The van der Waals surface area contributed by atoms with E-state index in [1.807, 2.05) is 0 Å². The molecule has 2 aliphatic rings. The Balaban J connectivity index is 0.931. The molecule has 2 saturated heterocycles. The molecule has 0 bridgehead atoms. The lowest BCUT2D eigenvalue weighted by atomic mass is 10.1. The second-order valence-electron chi connectivity index (χ2n) is 16.0. The van der Waals surface area contributed by atoms with Crippen LogP contribution in [0.1, 0.15) is 18.7 Å². The van der Waals surface area contributed by atoms with Crippen molar-refractivity contribution >= 4 is 82.5 Å². The van der Waals surface area contributed by atoms with E-state index >= 15 is 0 Å². The number of aromatic nitrogens is 12. The third-order valence-electron chi connectivity index (χ3n) is 11.0. The van der Waals surface area contributed by atoms with Gasteiger partial charge in [0.05, 0.1) is 52.7 Å². The molecule has 0 aliphatic carbocycles. The Labute approximate surface area is 415 Å². The minimum Gasteiger partial charge on any atom is -0.394 e. The van der Waals surface area contributed by atoms with Crippen molar-refractivity contribution < 1.29 is 108 Å². The fourth-order valence-electron chi connectivity index (χ4n) is 7.78. The third kappa shape index (κ3) is 12.0. The number of nitrogens with zero attached hydrogens (tertiary/aromatic N) is 10. The number of rotatable bonds is 23. The van der Waals surface area contributed by atoms with Crippen LogP contribution in [-0.4, -0.2) is 176 Å². The van der Waals surface area contributed by atoms with Gasteiger partial charge in [0.25, 0.3) is 17.1 Å². The molecular formula is C32H46N15O24P4+. The molecule has 75 heavy (non-hydrogen) atoms. The highest BCUT2D eigenvalue weighted by Gasteiger charge is 2.53. The second kappa shape index (κ2) is 21.7. The van der Waals surface area contributed by atoms with Crippen LogP contribution in [0.15, 0.2) is 34.9 Å². The van der Waals surface area contributed by atoms with E-state index in [1.54, 1.807) is 0 Å². The molecule has 6 aromatic rings. The minimum absolute atomic E-state index is 0.00688. The Morgan fingerprint density at radius 2 is 1.43 bits per heavy atom. The van der Waals surface area contributed by atoms with E-state index in [-0.39, 0.29) is 51.2 Å². The lowest BCUT2D eigenvalue weighted by Gasteiger charge is -2.27. The zero-order valence-electron chi connectivity index (χ0n) is 38.2. The number of anilines is 3. The van der Waals surface area contributed by atoms with Gasteiger partial charge in [-0.25, -0.2) is 42.8 Å². The molecule has 16 N–H and O–H groups in total. The maximum absolute atomic E-state index is 13.6. The predicted octanol–water partition coefficient (Wildman–Crippen LogP) is -4.46. The van der Waals surface area contributed by atoms with Gasteiger partial charge in [0.2, 0.25) is 17.7 Å². The Bertz CT molecular complexity index is 3390. The molecule has 39 nitrogen and oxygen atoms in total. The van der Waals surface area contributed by atoms with E-state index in [1.165, 1.54) is 22.5 Å². The van der Waals surface area contributed by atoms with Crippen molar-refractivity contribution in [2.24, 2.45) is 7.05 Å². The first-order chi connectivity index (χ1) is 35.2. The molecule has 0 aromatic carbocycles. The number of hydrogen-bond donors (Lipinski definition) is 13. The Morgan fingerprint density at radius 3 is 2.09 bits per heavy atom. The number of H-pyrrole nitrogens is 2. The first-order valence-electron chi connectivity index (χ1n) is 21.1. The molecule has 8 rings (SSSR count). The summed E-state index contributed by atoms with van der Waals surface area (Å²) in [5.41, 5.74) is 15.4. The number of hydrogen-bond acceptors (Lipinski definition) is 29. The molecule has 43 heteroatoms. The summed E-state index contributed by atoms with van der Waals surface area (Å²) in [6.07, 6.45) is -12.1. The summed E-state index contributed by atoms with van der Waals surface area (Å²) in [5.74, 6) is -0.710. The van der Waals surface area contributed by atoms with Crippen molar-refractivity contribution in [2.75, 3.05) is 57.3 Å². The van der Waals surface area contributed by atoms with Crippen molar-refractivity contribution in [1.29, 1.82) is 0 Å². The van der Waals surface area contributed by atoms with Crippen LogP contribution in [0, 0.1) is 0 Å². The SMILES string of the molecule is COC1[C@@H](OP(=O)(O)OC[C@H](CO)O[C@H](CO)n2cnc3c(=O)[nH]c(N)nc32)[C@@H](COP(=O)(O)OP(=O)(O)OP(=O)(O)OC[C@H]2O[C@@H]([n+]3cn(C)c4c(=O)[nH]c(N)nc43)[C@@H](O)C2O)O[C@H]1n1cnc2c(N)ncnc21. The minimum atomic E-state index is -6.20. The number of phosphoric ester groups is 3. The number of imidazole rings is 3. The topological polar surface area (TPSA) is 562 Å². The number of aliphatic hydroxyl groups excluding tert-OH is 4. The first-order valence-corrected chi connectivity index (χ1v) is 27.1. The standard InChI is InChI=1S/C32H45N15O24P4/c1-44-11-47(26-18(44)28(53)43-32(35)41-26)29-20(51)19(50)13(67-29)6-64-73(56,57)70-75(60,61)71-74(58,59)65-7-14-21(22(62-2)30(68-14)46-10-38-16-23(33)36-8-37-24(16)46)69-72(54,55)63-5-12(3-48)66-15(4-49)45-9-39-17-25(45)40-31(34)42-27(17)52/h8-15,19-22,29-30,48-51H,3-7H2,1-2H3,(H11-,33,34,35,36,37,40,41,42,43,52,53,54,55,56,57,58,59,60,61)/p+1/t12-,13+,14+,15+,19?,20-,21-,22?,29+,30+/m0/s1. The van der Waals surface area contributed by atoms with Gasteiger partial charge in [-0.05, 0) is 0 Å².